The lowest BCUT2D eigenvalue weighted by atomic mass is 10.2. The number of nitrogens with zero attached hydrogens (tertiary/aromatic N) is 1. The molecule has 1 fully saturated rings. The van der Waals surface area contributed by atoms with Crippen molar-refractivity contribution >= 4 is 69.7 Å². The van der Waals surface area contributed by atoms with Gasteiger partial charge in [0, 0.05) is 5.69 Å². The van der Waals surface area contributed by atoms with E-state index in [-0.39, 0.29) is 40.1 Å². The summed E-state index contributed by atoms with van der Waals surface area (Å²) in [5, 5.41) is 4.83. The summed E-state index contributed by atoms with van der Waals surface area (Å²) in [6.45, 7) is 3.23. The Morgan fingerprint density at radius 1 is 0.891 bits per heavy atom. The first kappa shape index (κ1) is 33.9. The molecule has 1 aliphatic rings. The van der Waals surface area contributed by atoms with Crippen molar-refractivity contribution in [2.75, 3.05) is 44.1 Å². The molecule has 240 valence electrons. The van der Waals surface area contributed by atoms with Crippen LogP contribution in [0.4, 0.5) is 16.2 Å². The lowest BCUT2D eigenvalue weighted by molar-refractivity contribution is -0.127. The number of hydrogen-bond acceptors (Lipinski definition) is 10. The number of para-hydroxylation sites is 2. The third-order valence-corrected chi connectivity index (χ3v) is 7.46. The first-order valence-corrected chi connectivity index (χ1v) is 15.2. The van der Waals surface area contributed by atoms with Crippen molar-refractivity contribution < 1.29 is 42.9 Å². The number of thioether (sulfide) groups is 1. The minimum absolute atomic E-state index is 0.0637. The van der Waals surface area contributed by atoms with Crippen LogP contribution in [0.25, 0.3) is 6.08 Å². The summed E-state index contributed by atoms with van der Waals surface area (Å²) < 4.78 is 21.6. The number of methoxy groups -OCH3 is 1. The fourth-order valence-corrected chi connectivity index (χ4v) is 5.21. The molecular formula is C32H30ClN3O9S. The van der Waals surface area contributed by atoms with Crippen LogP contribution in [0.5, 0.6) is 17.2 Å². The van der Waals surface area contributed by atoms with E-state index < -0.39 is 35.5 Å². The molecule has 1 saturated heterocycles. The fraction of sp³-hybridized carbons (Fsp3) is 0.219. The Hall–Kier alpha value is -5.01. The van der Waals surface area contributed by atoms with E-state index in [1.54, 1.807) is 49.4 Å². The number of benzene rings is 3. The standard InChI is InChI=1S/C32H30ClN3O9S/c1-4-43-24-9-7-6-8-23(24)35-29(38)18-45-25-13-10-19(14-26(25)42-3)15-27-30(39)36(32(41)46-27)17-28(37)34-20-11-12-22(33)21(16-20)31(40)44-5-2/h6-16H,4-5,17-18H2,1-3H3,(H,34,37)(H,35,38)/b27-15+. The number of nitrogens with one attached hydrogen (secondary N) is 2. The highest BCUT2D eigenvalue weighted by Gasteiger charge is 2.36. The van der Waals surface area contributed by atoms with E-state index >= 15 is 0 Å². The molecule has 0 saturated carbocycles. The van der Waals surface area contributed by atoms with Gasteiger partial charge in [-0.05, 0) is 79.7 Å². The van der Waals surface area contributed by atoms with Gasteiger partial charge in [-0.25, -0.2) is 4.79 Å². The molecular weight excluding hydrogens is 638 g/mol. The van der Waals surface area contributed by atoms with E-state index in [4.69, 9.17) is 30.5 Å². The van der Waals surface area contributed by atoms with E-state index in [9.17, 15) is 24.0 Å². The van der Waals surface area contributed by atoms with Crippen LogP contribution in [0.1, 0.15) is 29.8 Å². The average Bonchev–Trinajstić information content (AvgIpc) is 3.29. The highest BCUT2D eigenvalue weighted by molar-refractivity contribution is 8.18. The monoisotopic (exact) mass is 667 g/mol. The molecule has 3 aromatic rings. The molecule has 1 aliphatic heterocycles. The van der Waals surface area contributed by atoms with Crippen molar-refractivity contribution in [2.45, 2.75) is 13.8 Å². The van der Waals surface area contributed by atoms with Crippen molar-refractivity contribution in [1.29, 1.82) is 0 Å². The van der Waals surface area contributed by atoms with Gasteiger partial charge >= 0.3 is 5.97 Å². The van der Waals surface area contributed by atoms with Crippen LogP contribution in [0.3, 0.4) is 0 Å². The second-order valence-corrected chi connectivity index (χ2v) is 10.8. The zero-order valence-electron chi connectivity index (χ0n) is 25.1. The Balaban J connectivity index is 1.38. The summed E-state index contributed by atoms with van der Waals surface area (Å²) in [4.78, 5) is 63.9. The van der Waals surface area contributed by atoms with Gasteiger partial charge < -0.3 is 29.6 Å². The van der Waals surface area contributed by atoms with Crippen LogP contribution in [-0.4, -0.2) is 67.3 Å². The predicted molar refractivity (Wildman–Crippen MR) is 173 cm³/mol. The molecule has 0 spiro atoms. The Morgan fingerprint density at radius 2 is 1.67 bits per heavy atom. The molecule has 0 atom stereocenters. The predicted octanol–water partition coefficient (Wildman–Crippen LogP) is 5.62. The molecule has 14 heteroatoms. The molecule has 2 N–H and O–H groups in total. The fourth-order valence-electron chi connectivity index (χ4n) is 4.17. The first-order valence-electron chi connectivity index (χ1n) is 14.0. The molecule has 12 nitrogen and oxygen atoms in total. The van der Waals surface area contributed by atoms with Gasteiger partial charge in [-0.15, -0.1) is 0 Å². The van der Waals surface area contributed by atoms with Crippen LogP contribution < -0.4 is 24.8 Å². The van der Waals surface area contributed by atoms with Gasteiger partial charge in [0.1, 0.15) is 12.3 Å². The summed E-state index contributed by atoms with van der Waals surface area (Å²) >= 11 is 6.74. The number of ether oxygens (including phenoxy) is 4. The summed E-state index contributed by atoms with van der Waals surface area (Å²) in [6, 6.07) is 16.1. The summed E-state index contributed by atoms with van der Waals surface area (Å²) in [5.41, 5.74) is 1.33. The SMILES string of the molecule is CCOC(=O)c1cc(NC(=O)CN2C(=O)S/C(=C/c3ccc(OCC(=O)Nc4ccccc4OCC)c(OC)c3)C2=O)ccc1Cl. The van der Waals surface area contributed by atoms with Gasteiger partial charge in [0.15, 0.2) is 18.1 Å². The van der Waals surface area contributed by atoms with Crippen molar-refractivity contribution in [3.05, 3.63) is 81.7 Å². The van der Waals surface area contributed by atoms with Crippen molar-refractivity contribution in [2.24, 2.45) is 0 Å². The van der Waals surface area contributed by atoms with Crippen molar-refractivity contribution in [3.8, 4) is 17.2 Å². The molecule has 4 rings (SSSR count). The number of imide groups is 1. The Bertz CT molecular complexity index is 1690. The van der Waals surface area contributed by atoms with E-state index in [0.717, 1.165) is 4.90 Å². The number of anilines is 2. The third-order valence-electron chi connectivity index (χ3n) is 6.23. The number of hydrogen-bond donors (Lipinski definition) is 2. The number of rotatable bonds is 13. The minimum Gasteiger partial charge on any atom is -0.493 e. The highest BCUT2D eigenvalue weighted by Crippen LogP contribution is 2.35. The Kier molecular flexibility index (Phi) is 11.7. The van der Waals surface area contributed by atoms with Crippen molar-refractivity contribution in [1.82, 2.24) is 4.90 Å². The minimum atomic E-state index is -0.658. The first-order chi connectivity index (χ1) is 22.1. The Morgan fingerprint density at radius 3 is 2.41 bits per heavy atom. The summed E-state index contributed by atoms with van der Waals surface area (Å²) in [5.74, 6) is -1.26. The smallest absolute Gasteiger partial charge is 0.339 e. The maximum Gasteiger partial charge on any atom is 0.339 e. The van der Waals surface area contributed by atoms with Gasteiger partial charge in [-0.3, -0.25) is 24.1 Å². The van der Waals surface area contributed by atoms with Crippen LogP contribution in [0.2, 0.25) is 5.02 Å². The second kappa shape index (κ2) is 15.8. The largest absolute Gasteiger partial charge is 0.493 e. The molecule has 46 heavy (non-hydrogen) atoms. The average molecular weight is 668 g/mol. The number of esters is 1. The second-order valence-electron chi connectivity index (χ2n) is 9.41. The maximum atomic E-state index is 13.0. The quantitative estimate of drug-likeness (QED) is 0.174. The van der Waals surface area contributed by atoms with E-state index in [1.807, 2.05) is 6.92 Å². The van der Waals surface area contributed by atoms with E-state index in [1.165, 1.54) is 31.4 Å². The molecule has 0 aromatic heterocycles. The normalized spacial score (nSPS) is 13.4. The maximum absolute atomic E-state index is 13.0. The topological polar surface area (TPSA) is 150 Å². The van der Waals surface area contributed by atoms with E-state index in [2.05, 4.69) is 10.6 Å². The van der Waals surface area contributed by atoms with Crippen LogP contribution in [0.15, 0.2) is 65.6 Å². The zero-order chi connectivity index (χ0) is 33.2. The molecule has 4 amide bonds. The highest BCUT2D eigenvalue weighted by atomic mass is 35.5. The van der Waals surface area contributed by atoms with Gasteiger partial charge in [0.25, 0.3) is 17.1 Å². The summed E-state index contributed by atoms with van der Waals surface area (Å²) in [6.07, 6.45) is 1.48. The number of amides is 4. The number of carbonyl (C=O) groups is 5. The zero-order valence-corrected chi connectivity index (χ0v) is 26.7. The van der Waals surface area contributed by atoms with Gasteiger partial charge in [-0.1, -0.05) is 29.8 Å². The van der Waals surface area contributed by atoms with Gasteiger partial charge in [0.05, 0.1) is 41.5 Å². The van der Waals surface area contributed by atoms with E-state index in [0.29, 0.717) is 41.1 Å². The van der Waals surface area contributed by atoms with Gasteiger partial charge in [-0.2, -0.15) is 0 Å². The lowest BCUT2D eigenvalue weighted by Crippen LogP contribution is -2.36. The van der Waals surface area contributed by atoms with Crippen LogP contribution >= 0.6 is 23.4 Å². The lowest BCUT2D eigenvalue weighted by Gasteiger charge is -2.14. The Labute approximate surface area is 274 Å². The molecule has 1 heterocycles. The summed E-state index contributed by atoms with van der Waals surface area (Å²) in [7, 11) is 1.42. The molecule has 3 aromatic carbocycles. The van der Waals surface area contributed by atoms with Gasteiger partial charge in [0.2, 0.25) is 5.91 Å². The van der Waals surface area contributed by atoms with Crippen molar-refractivity contribution in [3.63, 3.8) is 0 Å². The van der Waals surface area contributed by atoms with Crippen LogP contribution in [-0.2, 0) is 19.1 Å². The molecule has 0 radical (unpaired) electrons. The molecule has 0 aliphatic carbocycles. The molecule has 0 bridgehead atoms. The molecule has 0 unspecified atom stereocenters. The third kappa shape index (κ3) is 8.58. The number of halogens is 1. The van der Waals surface area contributed by atoms with Crippen LogP contribution in [0, 0.1) is 0 Å². The number of carbonyl (C=O) groups excluding carboxylic acids is 5.